The van der Waals surface area contributed by atoms with Gasteiger partial charge in [-0.3, -0.25) is 0 Å². The molecule has 0 saturated carbocycles. The molecule has 2 aromatic carbocycles. The lowest BCUT2D eigenvalue weighted by Crippen LogP contribution is -2.40. The predicted molar refractivity (Wildman–Crippen MR) is 107 cm³/mol. The van der Waals surface area contributed by atoms with Crippen molar-refractivity contribution in [1.82, 2.24) is 10.2 Å². The fraction of sp³-hybridized carbons (Fsp3) is 0.400. The Bertz CT molecular complexity index is 685. The number of likely N-dealkylation sites (tertiary alicyclic amines) is 1. The number of nitrogens with zero attached hydrogens (tertiary/aromatic N) is 1. The highest BCUT2D eigenvalue weighted by molar-refractivity contribution is 9.10. The summed E-state index contributed by atoms with van der Waals surface area (Å²) >= 11 is 9.65. The largest absolute Gasteiger partial charge is 0.489 e. The molecule has 0 bridgehead atoms. The van der Waals surface area contributed by atoms with E-state index in [2.05, 4.69) is 45.3 Å². The minimum absolute atomic E-state index is 0.552. The highest BCUT2D eigenvalue weighted by atomic mass is 79.9. The maximum absolute atomic E-state index is 6.20. The van der Waals surface area contributed by atoms with Crippen molar-refractivity contribution in [1.29, 1.82) is 0 Å². The van der Waals surface area contributed by atoms with E-state index in [9.17, 15) is 0 Å². The number of piperidine rings is 1. The molecule has 1 aliphatic rings. The van der Waals surface area contributed by atoms with Crippen LogP contribution in [0.5, 0.6) is 5.75 Å². The fourth-order valence-corrected chi connectivity index (χ4v) is 3.49. The molecule has 1 fully saturated rings. The summed E-state index contributed by atoms with van der Waals surface area (Å²) in [5.74, 6) is 0.896. The Labute approximate surface area is 163 Å². The monoisotopic (exact) mass is 422 g/mol. The molecule has 1 heterocycles. The lowest BCUT2D eigenvalue weighted by Gasteiger charge is -2.29. The lowest BCUT2D eigenvalue weighted by atomic mass is 10.0. The third-order valence-corrected chi connectivity index (χ3v) is 5.39. The summed E-state index contributed by atoms with van der Waals surface area (Å²) in [5.41, 5.74) is 2.26. The Hall–Kier alpha value is -1.07. The molecule has 134 valence electrons. The van der Waals surface area contributed by atoms with Crippen LogP contribution in [-0.2, 0) is 13.2 Å². The molecule has 5 heteroatoms. The van der Waals surface area contributed by atoms with E-state index in [1.54, 1.807) is 0 Å². The molecule has 3 rings (SSSR count). The Morgan fingerprint density at radius 1 is 1.16 bits per heavy atom. The Morgan fingerprint density at radius 2 is 1.88 bits per heavy atom. The van der Waals surface area contributed by atoms with Gasteiger partial charge in [-0.1, -0.05) is 39.7 Å². The van der Waals surface area contributed by atoms with Gasteiger partial charge in [-0.2, -0.15) is 0 Å². The zero-order chi connectivity index (χ0) is 17.6. The Balaban J connectivity index is 1.60. The van der Waals surface area contributed by atoms with Crippen molar-refractivity contribution in [3.63, 3.8) is 0 Å². The van der Waals surface area contributed by atoms with Gasteiger partial charge in [0.1, 0.15) is 12.4 Å². The van der Waals surface area contributed by atoms with Crippen molar-refractivity contribution in [3.05, 3.63) is 63.1 Å². The number of benzene rings is 2. The fourth-order valence-electron chi connectivity index (χ4n) is 3.04. The molecular weight excluding hydrogens is 400 g/mol. The summed E-state index contributed by atoms with van der Waals surface area (Å²) in [5, 5.41) is 4.41. The SMILES string of the molecule is CN1CCC(NCc2cc(Cl)ccc2OCc2ccc(Br)cc2)CC1. The second-order valence-electron chi connectivity index (χ2n) is 6.63. The summed E-state index contributed by atoms with van der Waals surface area (Å²) in [6.45, 7) is 3.64. The maximum Gasteiger partial charge on any atom is 0.124 e. The van der Waals surface area contributed by atoms with Gasteiger partial charge in [0.25, 0.3) is 0 Å². The van der Waals surface area contributed by atoms with E-state index >= 15 is 0 Å². The smallest absolute Gasteiger partial charge is 0.124 e. The van der Waals surface area contributed by atoms with E-state index in [-0.39, 0.29) is 0 Å². The second-order valence-corrected chi connectivity index (χ2v) is 7.98. The van der Waals surface area contributed by atoms with Gasteiger partial charge in [0.15, 0.2) is 0 Å². The van der Waals surface area contributed by atoms with Gasteiger partial charge >= 0.3 is 0 Å². The van der Waals surface area contributed by atoms with E-state index in [1.165, 1.54) is 12.8 Å². The van der Waals surface area contributed by atoms with Crippen molar-refractivity contribution in [3.8, 4) is 5.75 Å². The van der Waals surface area contributed by atoms with Crippen LogP contribution in [0.2, 0.25) is 5.02 Å². The van der Waals surface area contributed by atoms with Crippen LogP contribution in [0.4, 0.5) is 0 Å². The van der Waals surface area contributed by atoms with Crippen LogP contribution in [0.15, 0.2) is 46.9 Å². The van der Waals surface area contributed by atoms with Crippen LogP contribution >= 0.6 is 27.5 Å². The summed E-state index contributed by atoms with van der Waals surface area (Å²) in [4.78, 5) is 2.38. The number of hydrogen-bond acceptors (Lipinski definition) is 3. The van der Waals surface area contributed by atoms with Crippen LogP contribution in [-0.4, -0.2) is 31.1 Å². The van der Waals surface area contributed by atoms with Crippen molar-refractivity contribution >= 4 is 27.5 Å². The van der Waals surface area contributed by atoms with Crippen molar-refractivity contribution in [2.75, 3.05) is 20.1 Å². The van der Waals surface area contributed by atoms with Gasteiger partial charge < -0.3 is 15.0 Å². The van der Waals surface area contributed by atoms with Gasteiger partial charge in [0, 0.05) is 27.6 Å². The molecular formula is C20H24BrClN2O. The third kappa shape index (κ3) is 5.71. The van der Waals surface area contributed by atoms with Crippen molar-refractivity contribution in [2.24, 2.45) is 0 Å². The number of rotatable bonds is 6. The van der Waals surface area contributed by atoms with Gasteiger partial charge in [-0.25, -0.2) is 0 Å². The molecule has 0 radical (unpaired) electrons. The zero-order valence-electron chi connectivity index (χ0n) is 14.5. The van der Waals surface area contributed by atoms with Crippen LogP contribution in [0.25, 0.3) is 0 Å². The van der Waals surface area contributed by atoms with Gasteiger partial charge in [0.2, 0.25) is 0 Å². The van der Waals surface area contributed by atoms with Crippen LogP contribution < -0.4 is 10.1 Å². The number of ether oxygens (including phenoxy) is 1. The molecule has 0 amide bonds. The van der Waals surface area contributed by atoms with Gasteiger partial charge in [0.05, 0.1) is 0 Å². The van der Waals surface area contributed by atoms with Gasteiger partial charge in [-0.15, -0.1) is 0 Å². The first kappa shape index (κ1) is 18.7. The van der Waals surface area contributed by atoms with Crippen LogP contribution in [0.1, 0.15) is 24.0 Å². The Kier molecular flexibility index (Phi) is 6.77. The minimum atomic E-state index is 0.552. The molecule has 0 aliphatic carbocycles. The zero-order valence-corrected chi connectivity index (χ0v) is 16.8. The topological polar surface area (TPSA) is 24.5 Å². The summed E-state index contributed by atoms with van der Waals surface area (Å²) in [6.07, 6.45) is 2.37. The Morgan fingerprint density at radius 3 is 2.60 bits per heavy atom. The van der Waals surface area contributed by atoms with Crippen LogP contribution in [0.3, 0.4) is 0 Å². The molecule has 1 N–H and O–H groups in total. The quantitative estimate of drug-likeness (QED) is 0.717. The number of nitrogens with one attached hydrogen (secondary N) is 1. The molecule has 0 spiro atoms. The maximum atomic E-state index is 6.20. The average molecular weight is 424 g/mol. The molecule has 0 atom stereocenters. The summed E-state index contributed by atoms with van der Waals surface area (Å²) < 4.78 is 7.13. The molecule has 1 aliphatic heterocycles. The normalized spacial score (nSPS) is 16.1. The van der Waals surface area contributed by atoms with Crippen molar-refractivity contribution in [2.45, 2.75) is 32.0 Å². The van der Waals surface area contributed by atoms with Gasteiger partial charge in [-0.05, 0) is 68.9 Å². The second kappa shape index (κ2) is 9.04. The van der Waals surface area contributed by atoms with E-state index in [1.807, 2.05) is 30.3 Å². The summed E-state index contributed by atoms with van der Waals surface area (Å²) in [6, 6.07) is 14.6. The first-order valence-electron chi connectivity index (χ1n) is 8.68. The molecule has 0 aromatic heterocycles. The molecule has 1 saturated heterocycles. The lowest BCUT2D eigenvalue weighted by molar-refractivity contribution is 0.233. The number of hydrogen-bond donors (Lipinski definition) is 1. The highest BCUT2D eigenvalue weighted by Crippen LogP contribution is 2.24. The predicted octanol–water partition coefficient (Wildman–Crippen LogP) is 4.87. The standard InChI is InChI=1S/C20H24BrClN2O/c1-24-10-8-19(9-11-24)23-13-16-12-18(22)6-7-20(16)25-14-15-2-4-17(21)5-3-15/h2-7,12,19,23H,8-11,13-14H2,1H3. The molecule has 25 heavy (non-hydrogen) atoms. The third-order valence-electron chi connectivity index (χ3n) is 4.63. The van der Waals surface area contributed by atoms with Crippen LogP contribution in [0, 0.1) is 0 Å². The van der Waals surface area contributed by atoms with E-state index in [0.717, 1.165) is 46.0 Å². The molecule has 0 unspecified atom stereocenters. The highest BCUT2D eigenvalue weighted by Gasteiger charge is 2.16. The van der Waals surface area contributed by atoms with E-state index in [4.69, 9.17) is 16.3 Å². The van der Waals surface area contributed by atoms with E-state index in [0.29, 0.717) is 12.6 Å². The van der Waals surface area contributed by atoms with Crippen molar-refractivity contribution < 1.29 is 4.74 Å². The first-order chi connectivity index (χ1) is 12.1. The number of halogens is 2. The molecule has 3 nitrogen and oxygen atoms in total. The first-order valence-corrected chi connectivity index (χ1v) is 9.85. The molecule has 2 aromatic rings. The van der Waals surface area contributed by atoms with E-state index < -0.39 is 0 Å². The summed E-state index contributed by atoms with van der Waals surface area (Å²) in [7, 11) is 2.18. The average Bonchev–Trinajstić information content (AvgIpc) is 2.62. The minimum Gasteiger partial charge on any atom is -0.489 e.